The van der Waals surface area contributed by atoms with Crippen LogP contribution in [0.15, 0.2) is 11.7 Å². The minimum absolute atomic E-state index is 0.264. The predicted octanol–water partition coefficient (Wildman–Crippen LogP) is 3.93. The number of carbonyl (C=O) groups excluding carboxylic acids is 1. The summed E-state index contributed by atoms with van der Waals surface area (Å²) in [6.45, 7) is 4.36. The van der Waals surface area contributed by atoms with Gasteiger partial charge in [-0.1, -0.05) is 39.5 Å². The standard InChI is InChI=1S/C12H19NOS/c1-3-5-6-10(4-2)7-11(14)12-8-13-9-15-12/h8-10H,3-7H2,1-2H3. The lowest BCUT2D eigenvalue weighted by Gasteiger charge is -2.12. The summed E-state index contributed by atoms with van der Waals surface area (Å²) >= 11 is 1.45. The highest BCUT2D eigenvalue weighted by Crippen LogP contribution is 2.20. The van der Waals surface area contributed by atoms with Crippen molar-refractivity contribution in [2.24, 2.45) is 5.92 Å². The number of hydrogen-bond acceptors (Lipinski definition) is 3. The molecule has 1 heterocycles. The van der Waals surface area contributed by atoms with E-state index < -0.39 is 0 Å². The Morgan fingerprint density at radius 1 is 1.53 bits per heavy atom. The van der Waals surface area contributed by atoms with Gasteiger partial charge in [0.2, 0.25) is 0 Å². The van der Waals surface area contributed by atoms with E-state index in [0.717, 1.165) is 11.3 Å². The first kappa shape index (κ1) is 12.4. The number of ketones is 1. The van der Waals surface area contributed by atoms with E-state index in [1.54, 1.807) is 11.7 Å². The van der Waals surface area contributed by atoms with Gasteiger partial charge in [0.25, 0.3) is 0 Å². The van der Waals surface area contributed by atoms with Crippen molar-refractivity contribution in [2.45, 2.75) is 46.0 Å². The topological polar surface area (TPSA) is 30.0 Å². The van der Waals surface area contributed by atoms with Crippen molar-refractivity contribution in [1.29, 1.82) is 0 Å². The number of carbonyl (C=O) groups is 1. The molecule has 0 radical (unpaired) electrons. The lowest BCUT2D eigenvalue weighted by molar-refractivity contribution is 0.0961. The van der Waals surface area contributed by atoms with Crippen molar-refractivity contribution in [3.05, 3.63) is 16.6 Å². The fourth-order valence-corrected chi connectivity index (χ4v) is 2.23. The van der Waals surface area contributed by atoms with Gasteiger partial charge >= 0.3 is 0 Å². The van der Waals surface area contributed by atoms with E-state index in [2.05, 4.69) is 18.8 Å². The quantitative estimate of drug-likeness (QED) is 0.658. The Morgan fingerprint density at radius 2 is 2.33 bits per heavy atom. The summed E-state index contributed by atoms with van der Waals surface area (Å²) in [5.41, 5.74) is 1.72. The summed E-state index contributed by atoms with van der Waals surface area (Å²) in [6.07, 6.45) is 7.10. The van der Waals surface area contributed by atoms with E-state index in [9.17, 15) is 4.79 Å². The van der Waals surface area contributed by atoms with Gasteiger partial charge < -0.3 is 0 Å². The molecule has 1 aromatic rings. The van der Waals surface area contributed by atoms with Crippen LogP contribution in [0, 0.1) is 5.92 Å². The van der Waals surface area contributed by atoms with Gasteiger partial charge in [0.1, 0.15) is 0 Å². The molecule has 0 saturated heterocycles. The number of unbranched alkanes of at least 4 members (excludes halogenated alkanes) is 1. The highest BCUT2D eigenvalue weighted by molar-refractivity contribution is 7.11. The summed E-state index contributed by atoms with van der Waals surface area (Å²) < 4.78 is 0. The zero-order chi connectivity index (χ0) is 11.1. The molecule has 0 aromatic carbocycles. The third kappa shape index (κ3) is 4.12. The van der Waals surface area contributed by atoms with Crippen LogP contribution >= 0.6 is 11.3 Å². The fourth-order valence-electron chi connectivity index (χ4n) is 1.66. The van der Waals surface area contributed by atoms with Crippen LogP contribution in [0.5, 0.6) is 0 Å². The van der Waals surface area contributed by atoms with E-state index in [0.29, 0.717) is 12.3 Å². The maximum Gasteiger partial charge on any atom is 0.174 e. The first-order valence-corrected chi connectivity index (χ1v) is 6.57. The summed E-state index contributed by atoms with van der Waals surface area (Å²) in [5.74, 6) is 0.819. The number of hydrogen-bond donors (Lipinski definition) is 0. The molecule has 3 heteroatoms. The van der Waals surface area contributed by atoms with Gasteiger partial charge in [0.15, 0.2) is 5.78 Å². The lowest BCUT2D eigenvalue weighted by atomic mass is 9.93. The van der Waals surface area contributed by atoms with Gasteiger partial charge in [-0.15, -0.1) is 11.3 Å². The van der Waals surface area contributed by atoms with Crippen LogP contribution in [0.2, 0.25) is 0 Å². The first-order valence-electron chi connectivity index (χ1n) is 5.69. The molecule has 0 N–H and O–H groups in total. The van der Waals surface area contributed by atoms with Gasteiger partial charge in [0, 0.05) is 12.6 Å². The van der Waals surface area contributed by atoms with Crippen LogP contribution < -0.4 is 0 Å². The minimum atomic E-state index is 0.264. The molecule has 0 saturated carbocycles. The molecule has 0 aliphatic heterocycles. The molecule has 1 atom stereocenters. The van der Waals surface area contributed by atoms with Crippen LogP contribution in [0.25, 0.3) is 0 Å². The van der Waals surface area contributed by atoms with Gasteiger partial charge in [-0.2, -0.15) is 0 Å². The molecular weight excluding hydrogens is 206 g/mol. The molecule has 84 valence electrons. The molecule has 15 heavy (non-hydrogen) atoms. The van der Waals surface area contributed by atoms with Crippen LogP contribution in [0.3, 0.4) is 0 Å². The molecular formula is C12H19NOS. The second kappa shape index (κ2) is 6.72. The number of nitrogens with zero attached hydrogens (tertiary/aromatic N) is 1. The first-order chi connectivity index (χ1) is 7.27. The predicted molar refractivity (Wildman–Crippen MR) is 64.4 cm³/mol. The number of aromatic nitrogens is 1. The Kier molecular flexibility index (Phi) is 5.54. The summed E-state index contributed by atoms with van der Waals surface area (Å²) in [6, 6.07) is 0. The van der Waals surface area contributed by atoms with E-state index >= 15 is 0 Å². The average Bonchev–Trinajstić information content (AvgIpc) is 2.77. The van der Waals surface area contributed by atoms with Crippen LogP contribution in [0.1, 0.15) is 55.6 Å². The van der Waals surface area contributed by atoms with Gasteiger partial charge in [-0.05, 0) is 5.92 Å². The third-order valence-electron chi connectivity index (χ3n) is 2.72. The van der Waals surface area contributed by atoms with Crippen molar-refractivity contribution in [3.8, 4) is 0 Å². The van der Waals surface area contributed by atoms with Crippen molar-refractivity contribution in [3.63, 3.8) is 0 Å². The molecule has 0 aliphatic rings. The second-order valence-corrected chi connectivity index (χ2v) is 4.80. The Morgan fingerprint density at radius 3 is 2.87 bits per heavy atom. The summed E-state index contributed by atoms with van der Waals surface area (Å²) in [4.78, 5) is 16.6. The molecule has 0 fully saturated rings. The number of thiazole rings is 1. The molecule has 0 bridgehead atoms. The Balaban J connectivity index is 2.41. The zero-order valence-corrected chi connectivity index (χ0v) is 10.3. The van der Waals surface area contributed by atoms with Crippen LogP contribution in [0.4, 0.5) is 0 Å². The van der Waals surface area contributed by atoms with Gasteiger partial charge in [-0.3, -0.25) is 9.78 Å². The Hall–Kier alpha value is -0.700. The molecule has 0 aliphatic carbocycles. The molecule has 2 nitrogen and oxygen atoms in total. The van der Waals surface area contributed by atoms with Crippen LogP contribution in [-0.4, -0.2) is 10.8 Å². The molecule has 0 amide bonds. The average molecular weight is 225 g/mol. The van der Waals surface area contributed by atoms with Crippen LogP contribution in [-0.2, 0) is 0 Å². The van der Waals surface area contributed by atoms with Crippen molar-refractivity contribution in [1.82, 2.24) is 4.98 Å². The van der Waals surface area contributed by atoms with E-state index in [1.165, 1.54) is 30.6 Å². The minimum Gasteiger partial charge on any atom is -0.293 e. The van der Waals surface area contributed by atoms with E-state index in [1.807, 2.05) is 0 Å². The largest absolute Gasteiger partial charge is 0.293 e. The molecule has 1 aromatic heterocycles. The van der Waals surface area contributed by atoms with Gasteiger partial charge in [-0.25, -0.2) is 0 Å². The molecule has 1 rings (SSSR count). The SMILES string of the molecule is CCCCC(CC)CC(=O)c1cncs1. The lowest BCUT2D eigenvalue weighted by Crippen LogP contribution is -2.07. The van der Waals surface area contributed by atoms with Crippen molar-refractivity contribution in [2.75, 3.05) is 0 Å². The smallest absolute Gasteiger partial charge is 0.174 e. The number of rotatable bonds is 7. The number of Topliss-reactive ketones (excluding diaryl/α,β-unsaturated/α-hetero) is 1. The third-order valence-corrected chi connectivity index (χ3v) is 3.54. The fraction of sp³-hybridized carbons (Fsp3) is 0.667. The molecule has 1 unspecified atom stereocenters. The maximum absolute atomic E-state index is 11.8. The van der Waals surface area contributed by atoms with E-state index in [-0.39, 0.29) is 5.78 Å². The van der Waals surface area contributed by atoms with Crippen molar-refractivity contribution >= 4 is 17.1 Å². The highest BCUT2D eigenvalue weighted by atomic mass is 32.1. The zero-order valence-electron chi connectivity index (χ0n) is 9.53. The van der Waals surface area contributed by atoms with Gasteiger partial charge in [0.05, 0.1) is 10.4 Å². The van der Waals surface area contributed by atoms with Crippen molar-refractivity contribution < 1.29 is 4.79 Å². The van der Waals surface area contributed by atoms with E-state index in [4.69, 9.17) is 0 Å². The molecule has 0 spiro atoms. The summed E-state index contributed by atoms with van der Waals surface area (Å²) in [7, 11) is 0. The highest BCUT2D eigenvalue weighted by Gasteiger charge is 2.14. The summed E-state index contributed by atoms with van der Waals surface area (Å²) in [5, 5.41) is 0. The maximum atomic E-state index is 11.8. The normalized spacial score (nSPS) is 12.7. The second-order valence-electron chi connectivity index (χ2n) is 3.91. The Bertz CT molecular complexity index is 282. The monoisotopic (exact) mass is 225 g/mol. The Labute approximate surface area is 95.7 Å².